The summed E-state index contributed by atoms with van der Waals surface area (Å²) in [5.41, 5.74) is 4.73. The van der Waals surface area contributed by atoms with Gasteiger partial charge in [0.1, 0.15) is 37.4 Å². The van der Waals surface area contributed by atoms with Gasteiger partial charge in [0.15, 0.2) is 12.1 Å². The van der Waals surface area contributed by atoms with Gasteiger partial charge in [-0.05, 0) is 106 Å². The van der Waals surface area contributed by atoms with Crippen molar-refractivity contribution in [2.75, 3.05) is 78.3 Å². The van der Waals surface area contributed by atoms with Crippen molar-refractivity contribution in [1.82, 2.24) is 40.4 Å². The standard InChI is InChI=1S/C26H31N3O8.C23H32N4O9.C22H30N4O9S/c1-18(24(30)28-17-21-11-6-5-10-20(21)16-23(28)25(31)32)27-22(13-12-19-8-3-2-4-9-19)26(33)36-14-7-15-37-29(34)35;1-16(20(28)26-19(21(29)30)15-25(2)23(26)32)24-18(12-11-17-9-5-3-6-10-17)22(31)35-13-7-4-8-14-36-27(33)34;1-15(19(27)25-18(20(28)29)14-24(2)22(25)31)23-17(9-8-16-6-4-3-5-7-16)21(30)34-10-12-36-13-11-35-26(32)33/h2-6,8-11,18,22-23,27H,7,12-17H2,1H3,(H,31,32);3,5-6,9-10,16,18-19,24H,4,7-8,11-15H2,1-2H3,(H,29,30);3-7,15,17-18,23H,8-14H2,1-2H3,(H,28,29). The number of rotatable bonds is 43. The van der Waals surface area contributed by atoms with Gasteiger partial charge in [-0.3, -0.25) is 44.7 Å². The number of nitrogens with one attached hydrogen (secondary N) is 3. The molecule has 9 unspecified atom stereocenters. The third kappa shape index (κ3) is 29.9. The molecule has 3 aliphatic heterocycles. The first kappa shape index (κ1) is 88.5. The van der Waals surface area contributed by atoms with Crippen LogP contribution < -0.4 is 16.0 Å². The molecule has 37 nitrogen and oxygen atoms in total. The number of nitrogens with zero attached hydrogens (tertiary/aromatic N) is 8. The highest BCUT2D eigenvalue weighted by Gasteiger charge is 2.47. The molecule has 3 heterocycles. The monoisotopic (exact) mass is 1550 g/mol. The Labute approximate surface area is 631 Å². The second kappa shape index (κ2) is 46.2. The van der Waals surface area contributed by atoms with E-state index in [1.807, 2.05) is 115 Å². The predicted molar refractivity (Wildman–Crippen MR) is 386 cm³/mol. The maximum Gasteiger partial charge on any atom is 0.328 e. The minimum Gasteiger partial charge on any atom is -0.480 e. The summed E-state index contributed by atoms with van der Waals surface area (Å²) in [5.74, 6) is -6.67. The molecule has 0 aliphatic carbocycles. The number of aryl methyl sites for hydroxylation is 3. The van der Waals surface area contributed by atoms with Gasteiger partial charge in [-0.15, -0.1) is 30.3 Å². The molecule has 38 heteroatoms. The molecule has 2 fully saturated rings. The first-order valence-corrected chi connectivity index (χ1v) is 36.2. The molecular weight excluding hydrogens is 1450 g/mol. The quantitative estimate of drug-likeness (QED) is 0.0119. The zero-order chi connectivity index (χ0) is 80.1. The summed E-state index contributed by atoms with van der Waals surface area (Å²) >= 11 is 1.31. The van der Waals surface area contributed by atoms with Gasteiger partial charge in [0, 0.05) is 45.0 Å². The van der Waals surface area contributed by atoms with Crippen molar-refractivity contribution in [1.29, 1.82) is 0 Å². The number of hydrogen-bond acceptors (Lipinski definition) is 27. The number of fused-ring (bicyclic) bond motifs is 1. The summed E-state index contributed by atoms with van der Waals surface area (Å²) in [5, 5.41) is 65.4. The Kier molecular flexibility index (Phi) is 37.5. The SMILES string of the molecule is CC(NC(CCc1ccccc1)C(=O)OCCCCCO[N+](=O)[O-])C(=O)N1C(=O)N(C)CC1C(=O)O.CC(NC(CCc1ccccc1)C(=O)OCCCO[N+](=O)[O-])C(=O)N1Cc2ccccc2CC1C(=O)O.CC(NC(CCc1ccccc1)C(=O)OCCSCCO[N+](=O)[O-])C(=O)N1C(=O)N(C)CC1C(=O)O. The van der Waals surface area contributed by atoms with Crippen molar-refractivity contribution in [2.45, 2.75) is 152 Å². The lowest BCUT2D eigenvalue weighted by Crippen LogP contribution is -2.56. The Morgan fingerprint density at radius 1 is 0.459 bits per heavy atom. The first-order valence-electron chi connectivity index (χ1n) is 35.0. The summed E-state index contributed by atoms with van der Waals surface area (Å²) in [6.07, 6.45) is 4.28. The lowest BCUT2D eigenvalue weighted by molar-refractivity contribution is -0.757. The molecule has 7 rings (SSSR count). The summed E-state index contributed by atoms with van der Waals surface area (Å²) in [7, 11) is 2.82. The topological polar surface area (TPSA) is 486 Å². The third-order valence-corrected chi connectivity index (χ3v) is 18.2. The van der Waals surface area contributed by atoms with Crippen LogP contribution in [0.4, 0.5) is 9.59 Å². The Morgan fingerprint density at radius 3 is 1.20 bits per heavy atom. The van der Waals surface area contributed by atoms with Gasteiger partial charge in [-0.25, -0.2) is 33.8 Å². The van der Waals surface area contributed by atoms with E-state index in [0.29, 0.717) is 79.1 Å². The highest BCUT2D eigenvalue weighted by Crippen LogP contribution is 2.26. The van der Waals surface area contributed by atoms with E-state index >= 15 is 0 Å². The van der Waals surface area contributed by atoms with Crippen LogP contribution in [0, 0.1) is 30.3 Å². The molecule has 3 aliphatic rings. The number of benzene rings is 4. The van der Waals surface area contributed by atoms with E-state index in [0.717, 1.165) is 37.6 Å². The number of urea groups is 2. The number of carbonyl (C=O) groups excluding carboxylic acids is 8. The summed E-state index contributed by atoms with van der Waals surface area (Å²) in [6, 6.07) is 25.1. The van der Waals surface area contributed by atoms with Crippen molar-refractivity contribution in [2.24, 2.45) is 0 Å². The van der Waals surface area contributed by atoms with Gasteiger partial charge in [0.2, 0.25) is 17.7 Å². The van der Waals surface area contributed by atoms with Crippen LogP contribution in [0.5, 0.6) is 0 Å². The van der Waals surface area contributed by atoms with Crippen LogP contribution >= 0.6 is 11.8 Å². The van der Waals surface area contributed by atoms with Crippen LogP contribution in [-0.2, 0) is 104 Å². The number of carboxylic acid groups (broad SMARTS) is 3. The molecule has 7 amide bonds. The van der Waals surface area contributed by atoms with Crippen molar-refractivity contribution in [3.8, 4) is 0 Å². The highest BCUT2D eigenvalue weighted by atomic mass is 32.2. The van der Waals surface area contributed by atoms with Crippen LogP contribution in [0.15, 0.2) is 115 Å². The van der Waals surface area contributed by atoms with Crippen LogP contribution in [0.1, 0.15) is 93.5 Å². The minimum atomic E-state index is -1.31. The van der Waals surface area contributed by atoms with E-state index in [1.165, 1.54) is 44.6 Å². The number of aliphatic carboxylic acids is 3. The van der Waals surface area contributed by atoms with E-state index in [2.05, 4.69) is 30.5 Å². The van der Waals surface area contributed by atoms with Crippen molar-refractivity contribution in [3.05, 3.63) is 173 Å². The fourth-order valence-electron chi connectivity index (χ4n) is 11.6. The number of amides is 7. The Hall–Kier alpha value is -11.1. The average Bonchev–Trinajstić information content (AvgIpc) is 1.46. The smallest absolute Gasteiger partial charge is 0.328 e. The molecule has 2 saturated heterocycles. The number of imide groups is 2. The number of carboxylic acids is 3. The first-order chi connectivity index (χ1) is 52.0. The number of ether oxygens (including phenoxy) is 3. The predicted octanol–water partition coefficient (Wildman–Crippen LogP) is 4.18. The molecule has 0 bridgehead atoms. The van der Waals surface area contributed by atoms with Crippen LogP contribution in [0.25, 0.3) is 0 Å². The molecular formula is C71H93N11O26S. The van der Waals surface area contributed by atoms with Crippen LogP contribution in [0.3, 0.4) is 0 Å². The molecule has 0 spiro atoms. The molecule has 594 valence electrons. The maximum absolute atomic E-state index is 13.4. The Bertz CT molecular complexity index is 3550. The van der Waals surface area contributed by atoms with E-state index in [4.69, 9.17) is 14.2 Å². The van der Waals surface area contributed by atoms with Gasteiger partial charge in [-0.1, -0.05) is 115 Å². The summed E-state index contributed by atoms with van der Waals surface area (Å²) < 4.78 is 16.0. The molecule has 0 aromatic heterocycles. The minimum absolute atomic E-state index is 0.0381. The van der Waals surface area contributed by atoms with Gasteiger partial charge < -0.3 is 58.7 Å². The van der Waals surface area contributed by atoms with Crippen LogP contribution in [-0.4, -0.2) is 253 Å². The lowest BCUT2D eigenvalue weighted by atomic mass is 9.93. The van der Waals surface area contributed by atoms with E-state index < -0.39 is 135 Å². The zero-order valence-electron chi connectivity index (χ0n) is 60.9. The molecule has 9 atom stereocenters. The van der Waals surface area contributed by atoms with Gasteiger partial charge in [0.25, 0.3) is 15.3 Å². The number of esters is 3. The van der Waals surface area contributed by atoms with Crippen molar-refractivity contribution in [3.63, 3.8) is 0 Å². The fourth-order valence-corrected chi connectivity index (χ4v) is 12.2. The molecule has 0 radical (unpaired) electrons. The second-order valence-corrected chi connectivity index (χ2v) is 26.6. The summed E-state index contributed by atoms with van der Waals surface area (Å²) in [6.45, 7) is 4.15. The number of thioether (sulfide) groups is 1. The number of unbranched alkanes of at least 4 members (excludes halogenated alkanes) is 2. The largest absolute Gasteiger partial charge is 0.480 e. The van der Waals surface area contributed by atoms with Crippen LogP contribution in [0.2, 0.25) is 0 Å². The molecule has 6 N–H and O–H groups in total. The van der Waals surface area contributed by atoms with E-state index in [1.54, 1.807) is 6.92 Å². The van der Waals surface area contributed by atoms with Crippen molar-refractivity contribution >= 4 is 77.4 Å². The third-order valence-electron chi connectivity index (χ3n) is 17.3. The number of likely N-dealkylation sites (N-methyl/N-ethyl adjacent to an activating group) is 2. The average molecular weight is 1550 g/mol. The molecule has 4 aromatic carbocycles. The number of carbonyl (C=O) groups is 11. The Morgan fingerprint density at radius 2 is 0.798 bits per heavy atom. The summed E-state index contributed by atoms with van der Waals surface area (Å²) in [4.78, 5) is 186. The second-order valence-electron chi connectivity index (χ2n) is 25.3. The van der Waals surface area contributed by atoms with E-state index in [9.17, 15) is 98.4 Å². The molecule has 109 heavy (non-hydrogen) atoms. The van der Waals surface area contributed by atoms with Crippen molar-refractivity contribution < 1.29 is 112 Å². The zero-order valence-corrected chi connectivity index (χ0v) is 61.8. The fraction of sp³-hybridized carbons (Fsp3) is 0.507. The lowest BCUT2D eigenvalue weighted by Gasteiger charge is -2.36. The number of hydrogen-bond donors (Lipinski definition) is 6. The van der Waals surface area contributed by atoms with E-state index in [-0.39, 0.29) is 72.1 Å². The van der Waals surface area contributed by atoms with Gasteiger partial charge >= 0.3 is 47.9 Å². The Balaban J connectivity index is 0.000000293. The highest BCUT2D eigenvalue weighted by molar-refractivity contribution is 7.99. The normalized spacial score (nSPS) is 16.7. The molecule has 4 aromatic rings. The van der Waals surface area contributed by atoms with Gasteiger partial charge in [-0.2, -0.15) is 11.8 Å². The molecule has 0 saturated carbocycles. The van der Waals surface area contributed by atoms with Gasteiger partial charge in [0.05, 0.1) is 57.6 Å². The maximum atomic E-state index is 13.4.